The van der Waals surface area contributed by atoms with Crippen LogP contribution >= 0.6 is 0 Å². The molecular weight excluding hydrogens is 284 g/mol. The van der Waals surface area contributed by atoms with Crippen LogP contribution in [0.15, 0.2) is 23.8 Å². The molecule has 0 unspecified atom stereocenters. The largest absolute Gasteiger partial charge is 0.300 e. The summed E-state index contributed by atoms with van der Waals surface area (Å²) in [4.78, 5) is 24.0. The van der Waals surface area contributed by atoms with Gasteiger partial charge >= 0.3 is 0 Å². The molecule has 0 aromatic rings. The van der Waals surface area contributed by atoms with Crippen LogP contribution in [0.4, 0.5) is 0 Å². The van der Waals surface area contributed by atoms with Crippen LogP contribution in [0, 0.1) is 34.5 Å². The van der Waals surface area contributed by atoms with Gasteiger partial charge in [-0.15, -0.1) is 0 Å². The average molecular weight is 312 g/mol. The molecule has 0 heterocycles. The number of hydrogen-bond donors (Lipinski definition) is 0. The Labute approximate surface area is 139 Å². The number of ketones is 2. The third-order valence-corrected chi connectivity index (χ3v) is 8.01. The molecule has 6 atom stereocenters. The van der Waals surface area contributed by atoms with E-state index in [2.05, 4.69) is 26.0 Å². The molecule has 0 N–H and O–H groups in total. The highest BCUT2D eigenvalue weighted by atomic mass is 16.1. The maximum Gasteiger partial charge on any atom is 0.156 e. The van der Waals surface area contributed by atoms with E-state index in [4.69, 9.17) is 0 Å². The lowest BCUT2D eigenvalue weighted by atomic mass is 9.48. The number of carbonyl (C=O) groups excluding carboxylic acids is 2. The molecule has 0 spiro atoms. The van der Waals surface area contributed by atoms with Crippen molar-refractivity contribution < 1.29 is 9.59 Å². The van der Waals surface area contributed by atoms with Crippen LogP contribution in [0.1, 0.15) is 59.3 Å². The van der Waals surface area contributed by atoms with E-state index in [0.29, 0.717) is 35.7 Å². The summed E-state index contributed by atoms with van der Waals surface area (Å²) in [6.07, 6.45) is 12.9. The molecule has 4 aliphatic rings. The van der Waals surface area contributed by atoms with Crippen molar-refractivity contribution in [3.63, 3.8) is 0 Å². The zero-order valence-electron chi connectivity index (χ0n) is 14.6. The maximum atomic E-state index is 12.1. The van der Waals surface area contributed by atoms with Gasteiger partial charge in [-0.2, -0.15) is 0 Å². The predicted molar refractivity (Wildman–Crippen MR) is 90.8 cm³/mol. The Morgan fingerprint density at radius 2 is 1.91 bits per heavy atom. The Bertz CT molecular complexity index is 628. The highest BCUT2D eigenvalue weighted by molar-refractivity contribution is 5.92. The highest BCUT2D eigenvalue weighted by Crippen LogP contribution is 2.65. The summed E-state index contributed by atoms with van der Waals surface area (Å²) in [5, 5.41) is 0. The summed E-state index contributed by atoms with van der Waals surface area (Å²) >= 11 is 0. The quantitative estimate of drug-likeness (QED) is 0.714. The topological polar surface area (TPSA) is 34.1 Å². The van der Waals surface area contributed by atoms with Crippen molar-refractivity contribution in [2.45, 2.75) is 59.3 Å². The maximum absolute atomic E-state index is 12.1. The second-order valence-corrected chi connectivity index (χ2v) is 8.92. The Balaban J connectivity index is 1.72. The number of rotatable bonds is 1. The van der Waals surface area contributed by atoms with Crippen LogP contribution < -0.4 is 0 Å². The molecule has 0 radical (unpaired) electrons. The van der Waals surface area contributed by atoms with Gasteiger partial charge in [0.25, 0.3) is 0 Å². The minimum Gasteiger partial charge on any atom is -0.300 e. The minimum absolute atomic E-state index is 0.170. The molecule has 4 rings (SSSR count). The van der Waals surface area contributed by atoms with Crippen molar-refractivity contribution in [3.05, 3.63) is 23.8 Å². The van der Waals surface area contributed by atoms with E-state index < -0.39 is 0 Å². The molecule has 0 aromatic carbocycles. The van der Waals surface area contributed by atoms with E-state index in [1.807, 2.05) is 6.08 Å². The van der Waals surface area contributed by atoms with E-state index in [0.717, 1.165) is 12.8 Å². The molecular formula is C21H28O2. The lowest BCUT2D eigenvalue weighted by molar-refractivity contribution is -0.127. The second-order valence-electron chi connectivity index (χ2n) is 8.92. The third-order valence-electron chi connectivity index (χ3n) is 8.01. The second kappa shape index (κ2) is 4.91. The molecule has 2 heteroatoms. The number of Topliss-reactive ketones (excluding diaryl/α,β-unsaturated/α-hetero) is 1. The summed E-state index contributed by atoms with van der Waals surface area (Å²) in [6, 6.07) is 0. The van der Waals surface area contributed by atoms with Gasteiger partial charge in [-0.1, -0.05) is 26.0 Å². The van der Waals surface area contributed by atoms with E-state index in [9.17, 15) is 9.59 Å². The SMILES string of the molecule is CC(=O)[C@H]1CC[C@H]2[C@@H]3C=CC4=CC(=O)CC[C@]4(C)[C@H]3CC[C@]12C. The Kier molecular flexibility index (Phi) is 3.28. The molecule has 0 aliphatic heterocycles. The number of carbonyl (C=O) groups is 2. The van der Waals surface area contributed by atoms with Gasteiger partial charge in [0.1, 0.15) is 5.78 Å². The molecule has 0 aromatic heterocycles. The fourth-order valence-corrected chi connectivity index (χ4v) is 6.66. The molecule has 0 amide bonds. The first-order valence-corrected chi connectivity index (χ1v) is 9.30. The van der Waals surface area contributed by atoms with Gasteiger partial charge in [0.2, 0.25) is 0 Å². The molecule has 0 saturated heterocycles. The molecule has 4 aliphatic carbocycles. The summed E-state index contributed by atoms with van der Waals surface area (Å²) < 4.78 is 0. The molecule has 124 valence electrons. The van der Waals surface area contributed by atoms with Gasteiger partial charge in [-0.3, -0.25) is 9.59 Å². The molecule has 0 bridgehead atoms. The van der Waals surface area contributed by atoms with Gasteiger partial charge in [-0.05, 0) is 79.3 Å². The van der Waals surface area contributed by atoms with Gasteiger partial charge < -0.3 is 0 Å². The van der Waals surface area contributed by atoms with Gasteiger partial charge in [0, 0.05) is 12.3 Å². The van der Waals surface area contributed by atoms with Crippen LogP contribution in [0.3, 0.4) is 0 Å². The van der Waals surface area contributed by atoms with Crippen LogP contribution in [0.2, 0.25) is 0 Å². The van der Waals surface area contributed by atoms with Crippen molar-refractivity contribution in [2.75, 3.05) is 0 Å². The van der Waals surface area contributed by atoms with Gasteiger partial charge in [-0.25, -0.2) is 0 Å². The highest BCUT2D eigenvalue weighted by Gasteiger charge is 2.58. The lowest BCUT2D eigenvalue weighted by Gasteiger charge is -2.55. The molecule has 2 nitrogen and oxygen atoms in total. The molecule has 23 heavy (non-hydrogen) atoms. The minimum atomic E-state index is 0.170. The Hall–Kier alpha value is -1.18. The number of hydrogen-bond acceptors (Lipinski definition) is 2. The van der Waals surface area contributed by atoms with Crippen molar-refractivity contribution in [1.29, 1.82) is 0 Å². The first kappa shape index (κ1) is 15.4. The van der Waals surface area contributed by atoms with Crippen LogP contribution in [0.5, 0.6) is 0 Å². The number of allylic oxidation sites excluding steroid dienone is 4. The van der Waals surface area contributed by atoms with Crippen molar-refractivity contribution >= 4 is 11.6 Å². The van der Waals surface area contributed by atoms with Gasteiger partial charge in [0.15, 0.2) is 5.78 Å². The summed E-state index contributed by atoms with van der Waals surface area (Å²) in [6.45, 7) is 6.54. The van der Waals surface area contributed by atoms with Crippen molar-refractivity contribution in [3.8, 4) is 0 Å². The molecule has 2 fully saturated rings. The molecule has 2 saturated carbocycles. The standard InChI is InChI=1S/C21H28O2/c1-13(22)17-6-7-18-16-5-4-14-12-15(23)8-10-20(14,2)19(16)9-11-21(17,18)3/h4-5,12,16-19H,6-11H2,1-3H3/t16-,17+,18-,19-,20-,21+/m0/s1. The smallest absolute Gasteiger partial charge is 0.156 e. The fraction of sp³-hybridized carbons (Fsp3) is 0.714. The first-order chi connectivity index (χ1) is 10.9. The van der Waals surface area contributed by atoms with E-state index in [-0.39, 0.29) is 16.7 Å². The Morgan fingerprint density at radius 1 is 1.13 bits per heavy atom. The lowest BCUT2D eigenvalue weighted by Crippen LogP contribution is -2.49. The monoisotopic (exact) mass is 312 g/mol. The first-order valence-electron chi connectivity index (χ1n) is 9.30. The normalized spacial score (nSPS) is 48.3. The van der Waals surface area contributed by atoms with E-state index in [1.165, 1.54) is 24.8 Å². The fourth-order valence-electron chi connectivity index (χ4n) is 6.66. The zero-order valence-corrected chi connectivity index (χ0v) is 14.6. The number of fused-ring (bicyclic) bond motifs is 5. The van der Waals surface area contributed by atoms with E-state index in [1.54, 1.807) is 6.92 Å². The van der Waals surface area contributed by atoms with Crippen LogP contribution in [-0.4, -0.2) is 11.6 Å². The van der Waals surface area contributed by atoms with Gasteiger partial charge in [0.05, 0.1) is 0 Å². The zero-order chi connectivity index (χ0) is 16.4. The predicted octanol–water partition coefficient (Wildman–Crippen LogP) is 4.50. The summed E-state index contributed by atoms with van der Waals surface area (Å²) in [5.74, 6) is 2.83. The van der Waals surface area contributed by atoms with Crippen LogP contribution in [-0.2, 0) is 9.59 Å². The summed E-state index contributed by atoms with van der Waals surface area (Å²) in [7, 11) is 0. The third kappa shape index (κ3) is 1.99. The van der Waals surface area contributed by atoms with E-state index >= 15 is 0 Å². The summed E-state index contributed by atoms with van der Waals surface area (Å²) in [5.41, 5.74) is 1.63. The average Bonchev–Trinajstić information content (AvgIpc) is 2.85. The van der Waals surface area contributed by atoms with Crippen molar-refractivity contribution in [2.24, 2.45) is 34.5 Å². The Morgan fingerprint density at radius 3 is 2.65 bits per heavy atom. The van der Waals surface area contributed by atoms with Crippen molar-refractivity contribution in [1.82, 2.24) is 0 Å². The van der Waals surface area contributed by atoms with Crippen LogP contribution in [0.25, 0.3) is 0 Å².